The molecule has 0 saturated carbocycles. The van der Waals surface area contributed by atoms with Gasteiger partial charge in [0.15, 0.2) is 5.96 Å². The van der Waals surface area contributed by atoms with Gasteiger partial charge in [-0.15, -0.1) is 35.3 Å². The Labute approximate surface area is 167 Å². The van der Waals surface area contributed by atoms with Gasteiger partial charge in [0.05, 0.1) is 12.2 Å². The van der Waals surface area contributed by atoms with Crippen LogP contribution in [0.2, 0.25) is 0 Å². The second-order valence-corrected chi connectivity index (χ2v) is 7.66. The van der Waals surface area contributed by atoms with Crippen LogP contribution in [0.1, 0.15) is 50.2 Å². The van der Waals surface area contributed by atoms with E-state index in [1.165, 1.54) is 31.6 Å². The normalized spacial score (nSPS) is 19.2. The highest BCUT2D eigenvalue weighted by molar-refractivity contribution is 14.0. The second-order valence-electron chi connectivity index (χ2n) is 6.72. The van der Waals surface area contributed by atoms with Gasteiger partial charge in [0, 0.05) is 32.1 Å². The monoisotopic (exact) mass is 465 g/mol. The first-order valence-electron chi connectivity index (χ1n) is 8.69. The smallest absolute Gasteiger partial charge is 0.191 e. The molecule has 0 bridgehead atoms. The number of halogens is 1. The topological polar surface area (TPSA) is 52.6 Å². The maximum atomic E-state index is 4.64. The largest absolute Gasteiger partial charge is 0.355 e. The van der Waals surface area contributed by atoms with E-state index in [1.807, 2.05) is 7.05 Å². The maximum absolute atomic E-state index is 4.64. The molecule has 1 aliphatic rings. The van der Waals surface area contributed by atoms with Gasteiger partial charge in [-0.05, 0) is 31.2 Å². The molecule has 1 aromatic heterocycles. The highest BCUT2D eigenvalue weighted by Crippen LogP contribution is 2.17. The van der Waals surface area contributed by atoms with Crippen molar-refractivity contribution in [2.75, 3.05) is 33.2 Å². The zero-order chi connectivity index (χ0) is 16.7. The third-order valence-electron chi connectivity index (χ3n) is 4.25. The van der Waals surface area contributed by atoms with E-state index in [0.29, 0.717) is 5.92 Å². The van der Waals surface area contributed by atoms with Crippen molar-refractivity contribution in [3.63, 3.8) is 0 Å². The van der Waals surface area contributed by atoms with Gasteiger partial charge in [0.1, 0.15) is 5.01 Å². The zero-order valence-electron chi connectivity index (χ0n) is 15.3. The first-order chi connectivity index (χ1) is 11.1. The molecule has 0 spiro atoms. The van der Waals surface area contributed by atoms with Gasteiger partial charge in [-0.25, -0.2) is 4.98 Å². The summed E-state index contributed by atoms with van der Waals surface area (Å²) in [5, 5.41) is 10.0. The van der Waals surface area contributed by atoms with Crippen LogP contribution in [0.4, 0.5) is 0 Å². The Balaban J connectivity index is 0.00000288. The number of guanidine groups is 1. The average molecular weight is 465 g/mol. The Morgan fingerprint density at radius 3 is 2.88 bits per heavy atom. The van der Waals surface area contributed by atoms with Gasteiger partial charge in [-0.2, -0.15) is 0 Å². The first kappa shape index (κ1) is 21.6. The molecule has 2 heterocycles. The molecule has 1 fully saturated rings. The quantitative estimate of drug-likeness (QED) is 0.385. The number of aliphatic imine (C=N–C) groups is 1. The van der Waals surface area contributed by atoms with Crippen molar-refractivity contribution in [1.82, 2.24) is 20.5 Å². The predicted molar refractivity (Wildman–Crippen MR) is 115 cm³/mol. The van der Waals surface area contributed by atoms with Crippen molar-refractivity contribution in [1.29, 1.82) is 0 Å². The second kappa shape index (κ2) is 11.3. The number of nitrogens with one attached hydrogen (secondary N) is 2. The highest BCUT2D eigenvalue weighted by Gasteiger charge is 2.15. The molecule has 1 atom stereocenters. The lowest BCUT2D eigenvalue weighted by atomic mass is 10.0. The molecule has 24 heavy (non-hydrogen) atoms. The van der Waals surface area contributed by atoms with Crippen molar-refractivity contribution < 1.29 is 0 Å². The van der Waals surface area contributed by atoms with Gasteiger partial charge in [-0.3, -0.25) is 4.99 Å². The predicted octanol–water partition coefficient (Wildman–Crippen LogP) is 3.28. The molecule has 0 radical (unpaired) electrons. The average Bonchev–Trinajstić information content (AvgIpc) is 3.00. The van der Waals surface area contributed by atoms with Crippen molar-refractivity contribution >= 4 is 41.3 Å². The van der Waals surface area contributed by atoms with Crippen LogP contribution in [-0.4, -0.2) is 49.1 Å². The van der Waals surface area contributed by atoms with E-state index in [1.54, 1.807) is 11.3 Å². The molecule has 5 nitrogen and oxygen atoms in total. The first-order valence-corrected chi connectivity index (χ1v) is 9.57. The van der Waals surface area contributed by atoms with E-state index in [2.05, 4.69) is 51.7 Å². The van der Waals surface area contributed by atoms with Crippen LogP contribution in [0.15, 0.2) is 10.4 Å². The summed E-state index contributed by atoms with van der Waals surface area (Å²) >= 11 is 1.71. The summed E-state index contributed by atoms with van der Waals surface area (Å²) in [6.45, 7) is 11.9. The number of hydrogen-bond acceptors (Lipinski definition) is 4. The van der Waals surface area contributed by atoms with E-state index in [9.17, 15) is 0 Å². The van der Waals surface area contributed by atoms with Crippen LogP contribution in [0.25, 0.3) is 0 Å². The summed E-state index contributed by atoms with van der Waals surface area (Å²) in [5.41, 5.74) is 1.17. The molecule has 1 aromatic rings. The molecule has 0 aromatic carbocycles. The molecule has 1 saturated heterocycles. The molecule has 0 aliphatic carbocycles. The van der Waals surface area contributed by atoms with E-state index in [4.69, 9.17) is 0 Å². The standard InChI is InChI=1S/C17H31N5S.HI/c1-13(2)15-12-23-16(21-15)10-20-17(18-4)19-7-9-22-8-5-6-14(3)11-22;/h12-14H,5-11H2,1-4H3,(H2,18,19,20);1H. The number of aromatic nitrogens is 1. The lowest BCUT2D eigenvalue weighted by molar-refractivity contribution is 0.187. The van der Waals surface area contributed by atoms with Crippen molar-refractivity contribution in [3.05, 3.63) is 16.1 Å². The summed E-state index contributed by atoms with van der Waals surface area (Å²) in [6, 6.07) is 0. The Kier molecular flexibility index (Phi) is 10.1. The maximum Gasteiger partial charge on any atom is 0.191 e. The minimum Gasteiger partial charge on any atom is -0.355 e. The number of rotatable bonds is 6. The van der Waals surface area contributed by atoms with Gasteiger partial charge >= 0.3 is 0 Å². The molecule has 0 amide bonds. The number of thiazole rings is 1. The number of piperidine rings is 1. The molecule has 2 rings (SSSR count). The highest BCUT2D eigenvalue weighted by atomic mass is 127. The van der Waals surface area contributed by atoms with E-state index < -0.39 is 0 Å². The molecule has 7 heteroatoms. The summed E-state index contributed by atoms with van der Waals surface area (Å²) in [4.78, 5) is 11.5. The number of likely N-dealkylation sites (tertiary alicyclic amines) is 1. The zero-order valence-corrected chi connectivity index (χ0v) is 18.5. The van der Waals surface area contributed by atoms with Crippen molar-refractivity contribution in [3.8, 4) is 0 Å². The fraction of sp³-hybridized carbons (Fsp3) is 0.765. The lowest BCUT2D eigenvalue weighted by Gasteiger charge is -2.30. The molecule has 1 aliphatic heterocycles. The summed E-state index contributed by atoms with van der Waals surface area (Å²) in [6.07, 6.45) is 2.70. The SMILES string of the molecule is CN=C(NCCN1CCCC(C)C1)NCc1nc(C(C)C)cs1.I. The molecular formula is C17H32IN5S. The van der Waals surface area contributed by atoms with E-state index >= 15 is 0 Å². The van der Waals surface area contributed by atoms with Crippen molar-refractivity contribution in [2.24, 2.45) is 10.9 Å². The Morgan fingerprint density at radius 1 is 1.46 bits per heavy atom. The van der Waals surface area contributed by atoms with Crippen molar-refractivity contribution in [2.45, 2.75) is 46.1 Å². The molecular weight excluding hydrogens is 433 g/mol. The van der Waals surface area contributed by atoms with Crippen LogP contribution in [0, 0.1) is 5.92 Å². The Bertz CT molecular complexity index is 503. The summed E-state index contributed by atoms with van der Waals surface area (Å²) < 4.78 is 0. The summed E-state index contributed by atoms with van der Waals surface area (Å²) in [5.74, 6) is 2.18. The van der Waals surface area contributed by atoms with Crippen LogP contribution in [-0.2, 0) is 6.54 Å². The van der Waals surface area contributed by atoms with Gasteiger partial charge < -0.3 is 15.5 Å². The van der Waals surface area contributed by atoms with E-state index in [0.717, 1.165) is 36.5 Å². The fourth-order valence-corrected chi connectivity index (χ4v) is 3.77. The van der Waals surface area contributed by atoms with Crippen LogP contribution in [0.5, 0.6) is 0 Å². The summed E-state index contributed by atoms with van der Waals surface area (Å²) in [7, 11) is 1.82. The third-order valence-corrected chi connectivity index (χ3v) is 5.12. The molecule has 1 unspecified atom stereocenters. The Morgan fingerprint density at radius 2 is 2.25 bits per heavy atom. The number of hydrogen-bond donors (Lipinski definition) is 2. The van der Waals surface area contributed by atoms with Gasteiger partial charge in [-0.1, -0.05) is 20.8 Å². The minimum absolute atomic E-state index is 0. The molecule has 138 valence electrons. The van der Waals surface area contributed by atoms with E-state index in [-0.39, 0.29) is 24.0 Å². The minimum atomic E-state index is 0. The van der Waals surface area contributed by atoms with Crippen LogP contribution in [0.3, 0.4) is 0 Å². The van der Waals surface area contributed by atoms with Gasteiger partial charge in [0.2, 0.25) is 0 Å². The van der Waals surface area contributed by atoms with Crippen LogP contribution >= 0.6 is 35.3 Å². The Hall–Kier alpha value is -0.410. The number of nitrogens with zero attached hydrogens (tertiary/aromatic N) is 3. The fourth-order valence-electron chi connectivity index (χ4n) is 2.87. The lowest BCUT2D eigenvalue weighted by Crippen LogP contribution is -2.43. The third kappa shape index (κ3) is 7.23. The molecule has 2 N–H and O–H groups in total. The van der Waals surface area contributed by atoms with Gasteiger partial charge in [0.25, 0.3) is 0 Å². The van der Waals surface area contributed by atoms with Crippen LogP contribution < -0.4 is 10.6 Å².